The number of hydrogen-bond acceptors (Lipinski definition) is 4. The first-order valence-corrected chi connectivity index (χ1v) is 7.31. The molecule has 18 heavy (non-hydrogen) atoms. The van der Waals surface area contributed by atoms with Gasteiger partial charge in [-0.3, -0.25) is 10.1 Å². The van der Waals surface area contributed by atoms with Crippen LogP contribution in [-0.2, 0) is 0 Å². The van der Waals surface area contributed by atoms with E-state index in [9.17, 15) is 10.1 Å². The Balaban J connectivity index is 1.97. The minimum Gasteiger partial charge on any atom is -0.384 e. The van der Waals surface area contributed by atoms with E-state index in [1.165, 1.54) is 25.0 Å². The molecule has 1 fully saturated rings. The zero-order chi connectivity index (χ0) is 13.0. The summed E-state index contributed by atoms with van der Waals surface area (Å²) >= 11 is 2.00. The van der Waals surface area contributed by atoms with Crippen molar-refractivity contribution in [1.82, 2.24) is 0 Å². The van der Waals surface area contributed by atoms with Crippen LogP contribution in [0.1, 0.15) is 24.8 Å². The number of nitro groups is 1. The first kappa shape index (κ1) is 13.2. The average molecular weight is 266 g/mol. The van der Waals surface area contributed by atoms with Crippen LogP contribution in [0.3, 0.4) is 0 Å². The summed E-state index contributed by atoms with van der Waals surface area (Å²) in [6.07, 6.45) is 3.86. The van der Waals surface area contributed by atoms with E-state index in [2.05, 4.69) is 5.32 Å². The highest BCUT2D eigenvalue weighted by Crippen LogP contribution is 2.26. The minimum absolute atomic E-state index is 0.161. The second kappa shape index (κ2) is 6.09. The highest BCUT2D eigenvalue weighted by Gasteiger charge is 2.14. The Morgan fingerprint density at radius 3 is 2.94 bits per heavy atom. The van der Waals surface area contributed by atoms with Crippen LogP contribution >= 0.6 is 11.8 Å². The smallest absolute Gasteiger partial charge is 0.271 e. The van der Waals surface area contributed by atoms with Gasteiger partial charge in [0.05, 0.1) is 4.92 Å². The number of thioether (sulfide) groups is 1. The summed E-state index contributed by atoms with van der Waals surface area (Å²) in [5.74, 6) is 1.24. The molecule has 0 saturated carbocycles. The molecule has 5 heteroatoms. The number of nitrogens with zero attached hydrogens (tertiary/aromatic N) is 1. The van der Waals surface area contributed by atoms with E-state index in [-0.39, 0.29) is 10.6 Å². The van der Waals surface area contributed by atoms with Crippen molar-refractivity contribution < 1.29 is 4.92 Å². The maximum atomic E-state index is 10.8. The number of nitro benzene ring substituents is 1. The Morgan fingerprint density at radius 1 is 1.44 bits per heavy atom. The lowest BCUT2D eigenvalue weighted by molar-refractivity contribution is -0.384. The van der Waals surface area contributed by atoms with Crippen molar-refractivity contribution in [3.63, 3.8) is 0 Å². The van der Waals surface area contributed by atoms with Crippen molar-refractivity contribution >= 4 is 23.1 Å². The molecule has 1 aromatic rings. The fourth-order valence-corrected chi connectivity index (χ4v) is 3.41. The summed E-state index contributed by atoms with van der Waals surface area (Å²) in [7, 11) is 0. The molecule has 1 N–H and O–H groups in total. The van der Waals surface area contributed by atoms with Gasteiger partial charge in [-0.2, -0.15) is 11.8 Å². The zero-order valence-electron chi connectivity index (χ0n) is 10.5. The summed E-state index contributed by atoms with van der Waals surface area (Å²) in [6.45, 7) is 2.78. The first-order valence-electron chi connectivity index (χ1n) is 6.27. The molecule has 98 valence electrons. The van der Waals surface area contributed by atoms with Crippen molar-refractivity contribution in [3.05, 3.63) is 33.9 Å². The molecular weight excluding hydrogens is 248 g/mol. The summed E-state index contributed by atoms with van der Waals surface area (Å²) in [4.78, 5) is 10.4. The van der Waals surface area contributed by atoms with E-state index in [0.717, 1.165) is 17.8 Å². The molecule has 1 atom stereocenters. The van der Waals surface area contributed by atoms with Crippen molar-refractivity contribution in [3.8, 4) is 0 Å². The summed E-state index contributed by atoms with van der Waals surface area (Å²) < 4.78 is 0. The molecule has 1 aromatic carbocycles. The van der Waals surface area contributed by atoms with Gasteiger partial charge in [0.1, 0.15) is 0 Å². The van der Waals surface area contributed by atoms with Crippen LogP contribution in [0.2, 0.25) is 0 Å². The van der Waals surface area contributed by atoms with Crippen LogP contribution in [0.5, 0.6) is 0 Å². The van der Waals surface area contributed by atoms with Crippen LogP contribution in [0.25, 0.3) is 0 Å². The third kappa shape index (κ3) is 3.63. The van der Waals surface area contributed by atoms with Gasteiger partial charge in [-0.15, -0.1) is 0 Å². The van der Waals surface area contributed by atoms with Gasteiger partial charge in [0.2, 0.25) is 0 Å². The van der Waals surface area contributed by atoms with Gasteiger partial charge in [0, 0.05) is 29.6 Å². The second-order valence-electron chi connectivity index (χ2n) is 4.68. The maximum absolute atomic E-state index is 10.8. The number of aryl methyl sites for hydroxylation is 1. The highest BCUT2D eigenvalue weighted by atomic mass is 32.2. The normalized spacial score (nSPS) is 19.5. The standard InChI is InChI=1S/C13H18N2O2S/c1-10-6-11(8-12(7-10)15(16)17)14-9-13-4-2-3-5-18-13/h6-8,13-14H,2-5,9H2,1H3. The zero-order valence-corrected chi connectivity index (χ0v) is 11.3. The van der Waals surface area contributed by atoms with E-state index in [1.54, 1.807) is 12.1 Å². The van der Waals surface area contributed by atoms with Gasteiger partial charge >= 0.3 is 0 Å². The van der Waals surface area contributed by atoms with Gasteiger partial charge in [-0.1, -0.05) is 6.42 Å². The van der Waals surface area contributed by atoms with Gasteiger partial charge in [0.15, 0.2) is 0 Å². The summed E-state index contributed by atoms with van der Waals surface area (Å²) in [5, 5.41) is 14.7. The highest BCUT2D eigenvalue weighted by molar-refractivity contribution is 7.99. The average Bonchev–Trinajstić information content (AvgIpc) is 2.37. The van der Waals surface area contributed by atoms with Crippen LogP contribution in [0.15, 0.2) is 18.2 Å². The third-order valence-corrected chi connectivity index (χ3v) is 4.48. The topological polar surface area (TPSA) is 55.2 Å². The number of anilines is 1. The summed E-state index contributed by atoms with van der Waals surface area (Å²) in [6, 6.07) is 5.17. The van der Waals surface area contributed by atoms with Crippen molar-refractivity contribution in [2.24, 2.45) is 0 Å². The molecule has 4 nitrogen and oxygen atoms in total. The number of non-ortho nitro benzene ring substituents is 1. The SMILES string of the molecule is Cc1cc(NCC2CCCCS2)cc([N+](=O)[O-])c1. The molecule has 1 unspecified atom stereocenters. The third-order valence-electron chi connectivity index (χ3n) is 3.08. The predicted molar refractivity (Wildman–Crippen MR) is 76.4 cm³/mol. The van der Waals surface area contributed by atoms with Crippen molar-refractivity contribution in [2.75, 3.05) is 17.6 Å². The molecule has 0 bridgehead atoms. The van der Waals surface area contributed by atoms with E-state index >= 15 is 0 Å². The molecule has 0 spiro atoms. The lowest BCUT2D eigenvalue weighted by atomic mass is 10.1. The minimum atomic E-state index is -0.340. The molecule has 1 heterocycles. The maximum Gasteiger partial charge on any atom is 0.271 e. The van der Waals surface area contributed by atoms with Crippen molar-refractivity contribution in [1.29, 1.82) is 0 Å². The molecule has 1 aliphatic heterocycles. The fraction of sp³-hybridized carbons (Fsp3) is 0.538. The molecule has 0 aliphatic carbocycles. The van der Waals surface area contributed by atoms with Gasteiger partial charge in [0.25, 0.3) is 5.69 Å². The number of nitrogens with one attached hydrogen (secondary N) is 1. The van der Waals surface area contributed by atoms with Crippen LogP contribution in [0, 0.1) is 17.0 Å². The van der Waals surface area contributed by atoms with Crippen molar-refractivity contribution in [2.45, 2.75) is 31.4 Å². The Kier molecular flexibility index (Phi) is 4.47. The van der Waals surface area contributed by atoms with Gasteiger partial charge in [-0.05, 0) is 37.1 Å². The number of hydrogen-bond donors (Lipinski definition) is 1. The molecule has 0 aromatic heterocycles. The van der Waals surface area contributed by atoms with E-state index in [0.29, 0.717) is 5.25 Å². The molecule has 0 radical (unpaired) electrons. The van der Waals surface area contributed by atoms with E-state index in [4.69, 9.17) is 0 Å². The Hall–Kier alpha value is -1.23. The first-order chi connectivity index (χ1) is 8.65. The molecule has 0 amide bonds. The fourth-order valence-electron chi connectivity index (χ4n) is 2.17. The summed E-state index contributed by atoms with van der Waals surface area (Å²) in [5.41, 5.74) is 1.93. The lowest BCUT2D eigenvalue weighted by Crippen LogP contribution is -2.20. The Morgan fingerprint density at radius 2 is 2.28 bits per heavy atom. The van der Waals surface area contributed by atoms with E-state index in [1.807, 2.05) is 24.8 Å². The van der Waals surface area contributed by atoms with Crippen LogP contribution < -0.4 is 5.32 Å². The largest absolute Gasteiger partial charge is 0.384 e. The lowest BCUT2D eigenvalue weighted by Gasteiger charge is -2.22. The molecule has 2 rings (SSSR count). The monoisotopic (exact) mass is 266 g/mol. The van der Waals surface area contributed by atoms with Gasteiger partial charge in [-0.25, -0.2) is 0 Å². The second-order valence-corrected chi connectivity index (χ2v) is 6.09. The quantitative estimate of drug-likeness (QED) is 0.668. The number of benzene rings is 1. The predicted octanol–water partition coefficient (Wildman–Crippen LogP) is 3.60. The molecule has 1 saturated heterocycles. The van der Waals surface area contributed by atoms with E-state index < -0.39 is 0 Å². The Bertz CT molecular complexity index is 431. The molecule has 1 aliphatic rings. The number of rotatable bonds is 4. The van der Waals surface area contributed by atoms with Crippen LogP contribution in [-0.4, -0.2) is 22.5 Å². The Labute approximate surface area is 111 Å². The van der Waals surface area contributed by atoms with Crippen LogP contribution in [0.4, 0.5) is 11.4 Å². The molecular formula is C13H18N2O2S. The van der Waals surface area contributed by atoms with Gasteiger partial charge < -0.3 is 5.32 Å².